The van der Waals surface area contributed by atoms with Crippen LogP contribution in [0.2, 0.25) is 0 Å². The Kier molecular flexibility index (Phi) is 7.96. The molecule has 146 valence electrons. The van der Waals surface area contributed by atoms with Crippen LogP contribution in [-0.4, -0.2) is 49.1 Å². The van der Waals surface area contributed by atoms with Gasteiger partial charge in [-0.1, -0.05) is 6.58 Å². The van der Waals surface area contributed by atoms with Crippen molar-refractivity contribution in [2.24, 2.45) is 0 Å². The predicted octanol–water partition coefficient (Wildman–Crippen LogP) is 2.23. The van der Waals surface area contributed by atoms with Gasteiger partial charge in [-0.25, -0.2) is 4.79 Å². The van der Waals surface area contributed by atoms with Crippen molar-refractivity contribution in [3.05, 3.63) is 12.2 Å². The minimum atomic E-state index is -6.47. The average molecular weight is 398 g/mol. The van der Waals surface area contributed by atoms with Gasteiger partial charge in [-0.3, -0.25) is 9.35 Å². The zero-order valence-electron chi connectivity index (χ0n) is 12.8. The highest BCUT2D eigenvalue weighted by Crippen LogP contribution is 2.38. The van der Waals surface area contributed by atoms with Crippen molar-refractivity contribution >= 4 is 22.1 Å². The van der Waals surface area contributed by atoms with E-state index in [0.29, 0.717) is 0 Å². The van der Waals surface area contributed by atoms with Gasteiger partial charge in [0.2, 0.25) is 0 Å². The van der Waals surface area contributed by atoms with Crippen LogP contribution in [-0.2, 0) is 29.2 Å². The standard InChI is InChI=1S/C12H15F5O7S/c1-7(2)9(19)23-6-4-3-5-8(18)24-10(11(13,14)15)12(16,17)25(20,21)22/h10H,1,3-6H2,2H3,(H,20,21,22). The molecule has 0 bridgehead atoms. The number of ether oxygens (including phenoxy) is 2. The Morgan fingerprint density at radius 2 is 1.68 bits per heavy atom. The monoisotopic (exact) mass is 398 g/mol. The van der Waals surface area contributed by atoms with Crippen LogP contribution < -0.4 is 0 Å². The molecule has 13 heteroatoms. The molecule has 0 amide bonds. The number of rotatable bonds is 9. The van der Waals surface area contributed by atoms with Crippen LogP contribution in [0.3, 0.4) is 0 Å². The van der Waals surface area contributed by atoms with Gasteiger partial charge in [0, 0.05) is 12.0 Å². The zero-order chi connectivity index (χ0) is 20.1. The zero-order valence-corrected chi connectivity index (χ0v) is 13.6. The lowest BCUT2D eigenvalue weighted by Crippen LogP contribution is -2.52. The van der Waals surface area contributed by atoms with Gasteiger partial charge in [-0.05, 0) is 19.8 Å². The topological polar surface area (TPSA) is 107 Å². The molecule has 0 aromatic rings. The quantitative estimate of drug-likeness (QED) is 0.209. The van der Waals surface area contributed by atoms with E-state index < -0.39 is 46.0 Å². The lowest BCUT2D eigenvalue weighted by Gasteiger charge is -2.26. The van der Waals surface area contributed by atoms with Gasteiger partial charge in [0.05, 0.1) is 6.61 Å². The van der Waals surface area contributed by atoms with Crippen LogP contribution in [0.4, 0.5) is 22.0 Å². The average Bonchev–Trinajstić information content (AvgIpc) is 2.41. The molecule has 0 radical (unpaired) electrons. The van der Waals surface area contributed by atoms with E-state index in [0.717, 1.165) is 0 Å². The molecule has 0 aliphatic rings. The number of halogens is 5. The fourth-order valence-electron chi connectivity index (χ4n) is 1.31. The van der Waals surface area contributed by atoms with Crippen molar-refractivity contribution in [2.75, 3.05) is 6.61 Å². The number of alkyl halides is 5. The van der Waals surface area contributed by atoms with Crippen molar-refractivity contribution in [1.29, 1.82) is 0 Å². The first kappa shape index (κ1) is 23.2. The molecular formula is C12H15F5O7S. The lowest BCUT2D eigenvalue weighted by molar-refractivity contribution is -0.259. The summed E-state index contributed by atoms with van der Waals surface area (Å²) in [7, 11) is -6.47. The van der Waals surface area contributed by atoms with Crippen LogP contribution >= 0.6 is 0 Å². The molecule has 25 heavy (non-hydrogen) atoms. The molecule has 7 nitrogen and oxygen atoms in total. The van der Waals surface area contributed by atoms with E-state index in [1.54, 1.807) is 0 Å². The summed E-state index contributed by atoms with van der Waals surface area (Å²) >= 11 is 0. The van der Waals surface area contributed by atoms with E-state index in [1.165, 1.54) is 6.92 Å². The maximum absolute atomic E-state index is 13.2. The summed E-state index contributed by atoms with van der Waals surface area (Å²) < 4.78 is 101. The maximum Gasteiger partial charge on any atom is 0.432 e. The van der Waals surface area contributed by atoms with Gasteiger partial charge in [-0.2, -0.15) is 30.4 Å². The van der Waals surface area contributed by atoms with Crippen LogP contribution in [0, 0.1) is 0 Å². The van der Waals surface area contributed by atoms with E-state index in [1.807, 2.05) is 0 Å². The molecule has 0 saturated carbocycles. The number of esters is 2. The second-order valence-electron chi connectivity index (χ2n) is 4.82. The Morgan fingerprint density at radius 1 is 1.16 bits per heavy atom. The second-order valence-corrected chi connectivity index (χ2v) is 6.32. The highest BCUT2D eigenvalue weighted by Gasteiger charge is 2.65. The van der Waals surface area contributed by atoms with E-state index in [-0.39, 0.29) is 25.0 Å². The Labute approximate surface area is 139 Å². The number of carbonyl (C=O) groups is 2. The van der Waals surface area contributed by atoms with E-state index in [2.05, 4.69) is 16.1 Å². The Morgan fingerprint density at radius 3 is 2.08 bits per heavy atom. The molecular weight excluding hydrogens is 383 g/mol. The van der Waals surface area contributed by atoms with E-state index in [9.17, 15) is 40.0 Å². The van der Waals surface area contributed by atoms with Crippen LogP contribution in [0.1, 0.15) is 26.2 Å². The molecule has 1 unspecified atom stereocenters. The lowest BCUT2D eigenvalue weighted by atomic mass is 10.2. The summed E-state index contributed by atoms with van der Waals surface area (Å²) in [6, 6.07) is 0. The third kappa shape index (κ3) is 7.34. The fraction of sp³-hybridized carbons (Fsp3) is 0.667. The van der Waals surface area contributed by atoms with Gasteiger partial charge in [-0.15, -0.1) is 0 Å². The molecule has 0 saturated heterocycles. The first-order valence-corrected chi connectivity index (χ1v) is 7.98. The third-order valence-corrected chi connectivity index (χ3v) is 3.45. The predicted molar refractivity (Wildman–Crippen MR) is 72.1 cm³/mol. The minimum Gasteiger partial charge on any atom is -0.462 e. The fourth-order valence-corrected chi connectivity index (χ4v) is 1.76. The van der Waals surface area contributed by atoms with Crippen molar-refractivity contribution in [3.63, 3.8) is 0 Å². The molecule has 0 fully saturated rings. The molecule has 1 atom stereocenters. The van der Waals surface area contributed by atoms with Crippen molar-refractivity contribution in [1.82, 2.24) is 0 Å². The van der Waals surface area contributed by atoms with E-state index in [4.69, 9.17) is 4.55 Å². The molecule has 0 aromatic carbocycles. The summed E-state index contributed by atoms with van der Waals surface area (Å²) in [6.45, 7) is 4.45. The molecule has 0 spiro atoms. The summed E-state index contributed by atoms with van der Waals surface area (Å²) in [5, 5.41) is -5.77. The van der Waals surface area contributed by atoms with Gasteiger partial charge in [0.15, 0.2) is 0 Å². The molecule has 1 N–H and O–H groups in total. The highest BCUT2D eigenvalue weighted by molar-refractivity contribution is 7.86. The summed E-state index contributed by atoms with van der Waals surface area (Å²) in [4.78, 5) is 22.2. The first-order valence-electron chi connectivity index (χ1n) is 6.54. The molecule has 0 aromatic heterocycles. The van der Waals surface area contributed by atoms with Crippen molar-refractivity contribution < 1.29 is 54.0 Å². The number of carbonyl (C=O) groups excluding carboxylic acids is 2. The van der Waals surface area contributed by atoms with Crippen LogP contribution in [0.15, 0.2) is 12.2 Å². The third-order valence-electron chi connectivity index (χ3n) is 2.55. The smallest absolute Gasteiger partial charge is 0.432 e. The number of unbranched alkanes of at least 4 members (excludes halogenated alkanes) is 1. The second kappa shape index (κ2) is 8.56. The molecule has 0 aliphatic heterocycles. The Balaban J connectivity index is 4.67. The molecule has 0 rings (SSSR count). The van der Waals surface area contributed by atoms with Crippen molar-refractivity contribution in [3.8, 4) is 0 Å². The van der Waals surface area contributed by atoms with Gasteiger partial charge < -0.3 is 9.47 Å². The Bertz CT molecular complexity index is 612. The van der Waals surface area contributed by atoms with Gasteiger partial charge in [0.1, 0.15) is 0 Å². The van der Waals surface area contributed by atoms with Crippen LogP contribution in [0.5, 0.6) is 0 Å². The molecule has 0 heterocycles. The van der Waals surface area contributed by atoms with Gasteiger partial charge in [0.25, 0.3) is 6.10 Å². The van der Waals surface area contributed by atoms with E-state index >= 15 is 0 Å². The van der Waals surface area contributed by atoms with Gasteiger partial charge >= 0.3 is 33.5 Å². The minimum absolute atomic E-state index is 0.000500. The number of hydrogen-bond donors (Lipinski definition) is 1. The molecule has 0 aliphatic carbocycles. The van der Waals surface area contributed by atoms with Crippen molar-refractivity contribution in [2.45, 2.75) is 43.7 Å². The summed E-state index contributed by atoms with van der Waals surface area (Å²) in [5.41, 5.74) is 0.0971. The largest absolute Gasteiger partial charge is 0.462 e. The highest BCUT2D eigenvalue weighted by atomic mass is 32.2. The SMILES string of the molecule is C=C(C)C(=O)OCCCCC(=O)OC(C(F)(F)F)C(F)(F)S(=O)(=O)O. The Hall–Kier alpha value is -1.76. The summed E-state index contributed by atoms with van der Waals surface area (Å²) in [6.07, 6.45) is -11.3. The maximum atomic E-state index is 13.2. The van der Waals surface area contributed by atoms with Crippen LogP contribution in [0.25, 0.3) is 0 Å². The normalized spacial score (nSPS) is 13.9. The number of hydrogen-bond acceptors (Lipinski definition) is 6. The first-order chi connectivity index (χ1) is 11.1. The summed E-state index contributed by atoms with van der Waals surface area (Å²) in [5.74, 6) is -2.50.